The predicted octanol–water partition coefficient (Wildman–Crippen LogP) is 1.22. The Hall–Kier alpha value is -1.80. The summed E-state index contributed by atoms with van der Waals surface area (Å²) in [5, 5.41) is 0. The Balaban J connectivity index is 3.06. The van der Waals surface area contributed by atoms with Gasteiger partial charge in [-0.25, -0.2) is 9.97 Å². The zero-order valence-electron chi connectivity index (χ0n) is 7.05. The van der Waals surface area contributed by atoms with Gasteiger partial charge in [-0.1, -0.05) is 11.8 Å². The molecule has 2 nitrogen and oxygen atoms in total. The first-order valence-electron chi connectivity index (χ1n) is 3.55. The van der Waals surface area contributed by atoms with Crippen LogP contribution in [-0.2, 0) is 0 Å². The van der Waals surface area contributed by atoms with Gasteiger partial charge in [-0.3, -0.25) is 0 Å². The van der Waals surface area contributed by atoms with E-state index in [-0.39, 0.29) is 0 Å². The Kier molecular flexibility index (Phi) is 2.87. The molecule has 1 aromatic heterocycles. The molecule has 2 heteroatoms. The molecule has 0 aromatic carbocycles. The molecule has 0 bridgehead atoms. The van der Waals surface area contributed by atoms with Crippen molar-refractivity contribution in [2.24, 2.45) is 0 Å². The molecule has 12 heavy (non-hydrogen) atoms. The van der Waals surface area contributed by atoms with Crippen molar-refractivity contribution in [3.8, 4) is 23.7 Å². The minimum absolute atomic E-state index is 0.526. The van der Waals surface area contributed by atoms with Crippen molar-refractivity contribution in [3.63, 3.8) is 0 Å². The molecule has 0 spiro atoms. The molecule has 1 aromatic rings. The third-order valence-electron chi connectivity index (χ3n) is 1.15. The lowest BCUT2D eigenvalue weighted by atomic mass is 10.4. The van der Waals surface area contributed by atoms with E-state index >= 15 is 0 Å². The smallest absolute Gasteiger partial charge is 0.206 e. The van der Waals surface area contributed by atoms with Crippen LogP contribution >= 0.6 is 0 Å². The van der Waals surface area contributed by atoms with Crippen LogP contribution in [0, 0.1) is 23.7 Å². The fourth-order valence-corrected chi connectivity index (χ4v) is 0.728. The molecule has 1 rings (SSSR count). The summed E-state index contributed by atoms with van der Waals surface area (Å²) < 4.78 is 0. The highest BCUT2D eigenvalue weighted by atomic mass is 14.9. The number of hydrogen-bond acceptors (Lipinski definition) is 2. The first kappa shape index (κ1) is 8.30. The van der Waals surface area contributed by atoms with Crippen LogP contribution in [0.15, 0.2) is 12.3 Å². The average Bonchev–Trinajstić information content (AvgIpc) is 2.06. The fourth-order valence-electron chi connectivity index (χ4n) is 0.728. The molecule has 58 valence electrons. The number of nitrogens with zero attached hydrogens (tertiary/aromatic N) is 2. The largest absolute Gasteiger partial charge is 0.229 e. The molecule has 0 aliphatic heterocycles. The number of rotatable bonds is 0. The summed E-state index contributed by atoms with van der Waals surface area (Å²) in [5.41, 5.74) is 0.713. The van der Waals surface area contributed by atoms with Gasteiger partial charge >= 0.3 is 0 Å². The second-order valence-corrected chi connectivity index (χ2v) is 2.02. The summed E-state index contributed by atoms with van der Waals surface area (Å²) in [6.45, 7) is 3.52. The molecule has 1 heterocycles. The van der Waals surface area contributed by atoms with Crippen LogP contribution < -0.4 is 0 Å². The van der Waals surface area contributed by atoms with Gasteiger partial charge in [-0.05, 0) is 31.8 Å². The molecule has 0 N–H and O–H groups in total. The van der Waals surface area contributed by atoms with Crippen LogP contribution in [-0.4, -0.2) is 9.97 Å². The molecule has 0 amide bonds. The summed E-state index contributed by atoms with van der Waals surface area (Å²) in [6, 6.07) is 1.76. The van der Waals surface area contributed by atoms with Gasteiger partial charge in [0.25, 0.3) is 0 Å². The monoisotopic (exact) mass is 156 g/mol. The number of hydrogen-bond donors (Lipinski definition) is 0. The van der Waals surface area contributed by atoms with Gasteiger partial charge < -0.3 is 0 Å². The molecular formula is C10H8N2. The molecule has 0 saturated carbocycles. The Bertz CT molecular complexity index is 350. The second-order valence-electron chi connectivity index (χ2n) is 2.02. The molecule has 0 aliphatic rings. The standard InChI is InChI=1S/C10H8N2/c1-3-5-9-7-8-11-10(12-9)6-4-2/h7-8H,1-2H3. The predicted molar refractivity (Wildman–Crippen MR) is 47.1 cm³/mol. The maximum Gasteiger partial charge on any atom is 0.206 e. The molecule has 0 radical (unpaired) electrons. The maximum absolute atomic E-state index is 4.09. The zero-order chi connectivity index (χ0) is 8.81. The topological polar surface area (TPSA) is 25.8 Å². The Morgan fingerprint density at radius 3 is 2.58 bits per heavy atom. The Morgan fingerprint density at radius 1 is 1.17 bits per heavy atom. The van der Waals surface area contributed by atoms with Crippen molar-refractivity contribution >= 4 is 0 Å². The second kappa shape index (κ2) is 4.16. The highest BCUT2D eigenvalue weighted by Crippen LogP contribution is 1.91. The average molecular weight is 156 g/mol. The van der Waals surface area contributed by atoms with Gasteiger partial charge in [0, 0.05) is 6.20 Å². The minimum atomic E-state index is 0.526. The van der Waals surface area contributed by atoms with Crippen LogP contribution in [0.2, 0.25) is 0 Å². The van der Waals surface area contributed by atoms with Crippen molar-refractivity contribution in [1.82, 2.24) is 9.97 Å². The van der Waals surface area contributed by atoms with E-state index in [1.165, 1.54) is 0 Å². The van der Waals surface area contributed by atoms with E-state index in [0.29, 0.717) is 11.5 Å². The number of aromatic nitrogens is 2. The quantitative estimate of drug-likeness (QED) is 0.528. The lowest BCUT2D eigenvalue weighted by Crippen LogP contribution is -1.90. The maximum atomic E-state index is 4.09. The summed E-state index contributed by atoms with van der Waals surface area (Å²) in [7, 11) is 0. The molecule has 0 fully saturated rings. The van der Waals surface area contributed by atoms with Crippen LogP contribution in [0.5, 0.6) is 0 Å². The van der Waals surface area contributed by atoms with E-state index in [4.69, 9.17) is 0 Å². The Labute approximate surface area is 72.1 Å². The van der Waals surface area contributed by atoms with E-state index in [1.807, 2.05) is 0 Å². The van der Waals surface area contributed by atoms with Crippen molar-refractivity contribution in [2.75, 3.05) is 0 Å². The van der Waals surface area contributed by atoms with Gasteiger partial charge in [0.2, 0.25) is 5.82 Å². The van der Waals surface area contributed by atoms with Crippen molar-refractivity contribution in [1.29, 1.82) is 0 Å². The lowest BCUT2D eigenvalue weighted by Gasteiger charge is -1.89. The third kappa shape index (κ3) is 2.11. The normalized spacial score (nSPS) is 7.50. The van der Waals surface area contributed by atoms with E-state index < -0.39 is 0 Å². The van der Waals surface area contributed by atoms with E-state index in [2.05, 4.69) is 33.6 Å². The highest BCUT2D eigenvalue weighted by molar-refractivity contribution is 5.29. The summed E-state index contributed by atoms with van der Waals surface area (Å²) in [5.74, 6) is 11.6. The van der Waals surface area contributed by atoms with Crippen molar-refractivity contribution in [3.05, 3.63) is 23.8 Å². The SMILES string of the molecule is CC#Cc1ccnc(C#CC)n1. The minimum Gasteiger partial charge on any atom is -0.229 e. The van der Waals surface area contributed by atoms with Gasteiger partial charge in [0.15, 0.2) is 0 Å². The molecular weight excluding hydrogens is 148 g/mol. The Morgan fingerprint density at radius 2 is 1.92 bits per heavy atom. The van der Waals surface area contributed by atoms with E-state index in [0.717, 1.165) is 0 Å². The summed E-state index contributed by atoms with van der Waals surface area (Å²) >= 11 is 0. The fraction of sp³-hybridized carbons (Fsp3) is 0.200. The lowest BCUT2D eigenvalue weighted by molar-refractivity contribution is 1.11. The molecule has 0 atom stereocenters. The third-order valence-corrected chi connectivity index (χ3v) is 1.15. The highest BCUT2D eigenvalue weighted by Gasteiger charge is 1.90. The van der Waals surface area contributed by atoms with Crippen molar-refractivity contribution < 1.29 is 0 Å². The van der Waals surface area contributed by atoms with Gasteiger partial charge in [-0.15, -0.1) is 0 Å². The molecule has 0 aliphatic carbocycles. The first-order valence-corrected chi connectivity index (χ1v) is 3.55. The summed E-state index contributed by atoms with van der Waals surface area (Å²) in [4.78, 5) is 8.05. The van der Waals surface area contributed by atoms with Gasteiger partial charge in [0.05, 0.1) is 0 Å². The zero-order valence-corrected chi connectivity index (χ0v) is 7.05. The molecule has 0 saturated heterocycles. The van der Waals surface area contributed by atoms with Crippen molar-refractivity contribution in [2.45, 2.75) is 13.8 Å². The van der Waals surface area contributed by atoms with Gasteiger partial charge in [0.1, 0.15) is 5.69 Å². The molecule has 0 unspecified atom stereocenters. The first-order chi connectivity index (χ1) is 5.86. The van der Waals surface area contributed by atoms with E-state index in [1.54, 1.807) is 26.1 Å². The van der Waals surface area contributed by atoms with E-state index in [9.17, 15) is 0 Å². The van der Waals surface area contributed by atoms with Crippen LogP contribution in [0.3, 0.4) is 0 Å². The van der Waals surface area contributed by atoms with Crippen LogP contribution in [0.1, 0.15) is 25.4 Å². The summed E-state index contributed by atoms with van der Waals surface area (Å²) in [6.07, 6.45) is 1.66. The van der Waals surface area contributed by atoms with Gasteiger partial charge in [-0.2, -0.15) is 0 Å². The van der Waals surface area contributed by atoms with Crippen LogP contribution in [0.25, 0.3) is 0 Å². The van der Waals surface area contributed by atoms with Crippen LogP contribution in [0.4, 0.5) is 0 Å².